The normalized spacial score (nSPS) is 13.9. The number of hydrogen-bond acceptors (Lipinski definition) is 2. The van der Waals surface area contributed by atoms with Gasteiger partial charge in [-0.25, -0.2) is 4.98 Å². The number of rotatable bonds is 2. The zero-order valence-corrected chi connectivity index (χ0v) is 12.4. The minimum Gasteiger partial charge on any atom is -0.358 e. The molecule has 1 N–H and O–H groups in total. The first-order valence-electron chi connectivity index (χ1n) is 6.80. The van der Waals surface area contributed by atoms with Crippen molar-refractivity contribution < 1.29 is 0 Å². The van der Waals surface area contributed by atoms with Crippen LogP contribution in [0.5, 0.6) is 0 Å². The van der Waals surface area contributed by atoms with Crippen LogP contribution in [-0.4, -0.2) is 26.1 Å². The molecule has 0 saturated heterocycles. The van der Waals surface area contributed by atoms with Gasteiger partial charge in [-0.3, -0.25) is 0 Å². The Morgan fingerprint density at radius 1 is 1.35 bits per heavy atom. The molecule has 0 fully saturated rings. The highest BCUT2D eigenvalue weighted by Crippen LogP contribution is 2.17. The van der Waals surface area contributed by atoms with E-state index < -0.39 is 0 Å². The quantitative estimate of drug-likeness (QED) is 0.854. The van der Waals surface area contributed by atoms with Crippen LogP contribution in [0.3, 0.4) is 0 Å². The van der Waals surface area contributed by atoms with Crippen LogP contribution in [0.15, 0.2) is 36.7 Å². The van der Waals surface area contributed by atoms with Gasteiger partial charge in [-0.2, -0.15) is 0 Å². The second-order valence-corrected chi connectivity index (χ2v) is 5.45. The number of thiocarbonyl (C=S) groups is 1. The third-order valence-electron chi connectivity index (χ3n) is 3.68. The van der Waals surface area contributed by atoms with Crippen molar-refractivity contribution in [1.82, 2.24) is 19.8 Å². The van der Waals surface area contributed by atoms with E-state index in [1.54, 1.807) is 0 Å². The van der Waals surface area contributed by atoms with Crippen molar-refractivity contribution in [3.8, 4) is 0 Å². The monoisotopic (exact) mass is 286 g/mol. The molecule has 1 aromatic heterocycles. The molecular formula is C15H18N4S. The average molecular weight is 286 g/mol. The van der Waals surface area contributed by atoms with Crippen LogP contribution < -0.4 is 5.32 Å². The van der Waals surface area contributed by atoms with Gasteiger partial charge in [-0.15, -0.1) is 0 Å². The lowest BCUT2D eigenvalue weighted by atomic mass is 10.1. The fraction of sp³-hybridized carbons (Fsp3) is 0.333. The summed E-state index contributed by atoms with van der Waals surface area (Å²) in [7, 11) is 2.04. The predicted octanol–water partition coefficient (Wildman–Crippen LogP) is 1.85. The highest BCUT2D eigenvalue weighted by atomic mass is 32.1. The van der Waals surface area contributed by atoms with Gasteiger partial charge in [0.25, 0.3) is 0 Å². The lowest BCUT2D eigenvalue weighted by Gasteiger charge is -2.29. The Labute approximate surface area is 124 Å². The molecule has 1 aliphatic rings. The Hall–Kier alpha value is -1.88. The first-order chi connectivity index (χ1) is 9.74. The minimum atomic E-state index is 0.772. The highest BCUT2D eigenvalue weighted by molar-refractivity contribution is 7.80. The number of hydrogen-bond donors (Lipinski definition) is 1. The van der Waals surface area contributed by atoms with E-state index in [2.05, 4.69) is 31.9 Å². The van der Waals surface area contributed by atoms with Gasteiger partial charge < -0.3 is 14.8 Å². The van der Waals surface area contributed by atoms with Gasteiger partial charge in [0.1, 0.15) is 0 Å². The maximum absolute atomic E-state index is 5.50. The molecule has 1 aromatic carbocycles. The van der Waals surface area contributed by atoms with Crippen molar-refractivity contribution in [3.63, 3.8) is 0 Å². The summed E-state index contributed by atoms with van der Waals surface area (Å²) in [5, 5.41) is 4.16. The van der Waals surface area contributed by atoms with Crippen LogP contribution in [0, 0.1) is 0 Å². The summed E-state index contributed by atoms with van der Waals surface area (Å²) in [6.07, 6.45) is 2.85. The minimum absolute atomic E-state index is 0.772. The Kier molecular flexibility index (Phi) is 3.69. The van der Waals surface area contributed by atoms with E-state index in [4.69, 9.17) is 12.2 Å². The SMILES string of the molecule is Cn1cnc2c1CN(C(=S)NCc1ccccc1)CC2. The van der Waals surface area contributed by atoms with Gasteiger partial charge in [0, 0.05) is 26.6 Å². The van der Waals surface area contributed by atoms with Crippen molar-refractivity contribution in [3.05, 3.63) is 53.6 Å². The molecule has 1 aliphatic heterocycles. The lowest BCUT2D eigenvalue weighted by Crippen LogP contribution is -2.42. The number of nitrogens with one attached hydrogen (secondary N) is 1. The maximum Gasteiger partial charge on any atom is 0.169 e. The third kappa shape index (κ3) is 2.67. The smallest absolute Gasteiger partial charge is 0.169 e. The first kappa shape index (κ1) is 13.1. The molecule has 0 radical (unpaired) electrons. The number of aryl methyl sites for hydroxylation is 1. The van der Waals surface area contributed by atoms with E-state index in [0.29, 0.717) is 0 Å². The molecule has 5 heteroatoms. The molecule has 0 atom stereocenters. The fourth-order valence-electron chi connectivity index (χ4n) is 2.48. The highest BCUT2D eigenvalue weighted by Gasteiger charge is 2.21. The molecule has 0 aliphatic carbocycles. The molecule has 0 bridgehead atoms. The average Bonchev–Trinajstić information content (AvgIpc) is 2.87. The Bertz CT molecular complexity index is 606. The number of benzene rings is 1. The molecule has 4 nitrogen and oxygen atoms in total. The van der Waals surface area contributed by atoms with Crippen molar-refractivity contribution in [2.24, 2.45) is 7.05 Å². The molecule has 0 amide bonds. The van der Waals surface area contributed by atoms with Crippen LogP contribution in [-0.2, 0) is 26.6 Å². The summed E-state index contributed by atoms with van der Waals surface area (Å²) in [4.78, 5) is 6.63. The van der Waals surface area contributed by atoms with Crippen LogP contribution >= 0.6 is 12.2 Å². The zero-order chi connectivity index (χ0) is 13.9. The first-order valence-corrected chi connectivity index (χ1v) is 7.20. The molecule has 20 heavy (non-hydrogen) atoms. The maximum atomic E-state index is 5.50. The standard InChI is InChI=1S/C15H18N4S/c1-18-11-17-13-7-8-19(10-14(13)18)15(20)16-9-12-5-3-2-4-6-12/h2-6,11H,7-10H2,1H3,(H,16,20). The molecule has 0 saturated carbocycles. The molecular weight excluding hydrogens is 268 g/mol. The van der Waals surface area contributed by atoms with Crippen molar-refractivity contribution in [2.45, 2.75) is 19.5 Å². The fourth-order valence-corrected chi connectivity index (χ4v) is 2.70. The third-order valence-corrected chi connectivity index (χ3v) is 4.08. The molecule has 0 spiro atoms. The van der Waals surface area contributed by atoms with Gasteiger partial charge in [0.2, 0.25) is 0 Å². The van der Waals surface area contributed by atoms with E-state index in [-0.39, 0.29) is 0 Å². The topological polar surface area (TPSA) is 33.1 Å². The predicted molar refractivity (Wildman–Crippen MR) is 83.2 cm³/mol. The number of aromatic nitrogens is 2. The van der Waals surface area contributed by atoms with E-state index in [9.17, 15) is 0 Å². The molecule has 2 aromatic rings. The summed E-state index contributed by atoms with van der Waals surface area (Å²) in [6.45, 7) is 2.55. The van der Waals surface area contributed by atoms with Crippen molar-refractivity contribution >= 4 is 17.3 Å². The van der Waals surface area contributed by atoms with Gasteiger partial charge in [0.05, 0.1) is 24.3 Å². The van der Waals surface area contributed by atoms with Gasteiger partial charge in [-0.05, 0) is 17.8 Å². The summed E-state index contributed by atoms with van der Waals surface area (Å²) in [6, 6.07) is 10.3. The second kappa shape index (κ2) is 5.63. The lowest BCUT2D eigenvalue weighted by molar-refractivity contribution is 0.374. The van der Waals surface area contributed by atoms with Crippen LogP contribution in [0.25, 0.3) is 0 Å². The summed E-state index contributed by atoms with van der Waals surface area (Å²) in [5.41, 5.74) is 3.71. The summed E-state index contributed by atoms with van der Waals surface area (Å²) < 4.78 is 2.08. The van der Waals surface area contributed by atoms with E-state index in [1.807, 2.05) is 31.6 Å². The van der Waals surface area contributed by atoms with E-state index in [0.717, 1.165) is 31.2 Å². The number of fused-ring (bicyclic) bond motifs is 1. The van der Waals surface area contributed by atoms with Gasteiger partial charge in [-0.1, -0.05) is 30.3 Å². The zero-order valence-electron chi connectivity index (χ0n) is 11.5. The second-order valence-electron chi connectivity index (χ2n) is 5.06. The van der Waals surface area contributed by atoms with Crippen molar-refractivity contribution in [1.29, 1.82) is 0 Å². The Balaban J connectivity index is 1.60. The van der Waals surface area contributed by atoms with Crippen LogP contribution in [0.4, 0.5) is 0 Å². The van der Waals surface area contributed by atoms with Gasteiger partial charge >= 0.3 is 0 Å². The van der Waals surface area contributed by atoms with E-state index in [1.165, 1.54) is 17.0 Å². The number of imidazole rings is 1. The van der Waals surface area contributed by atoms with E-state index >= 15 is 0 Å². The molecule has 0 unspecified atom stereocenters. The van der Waals surface area contributed by atoms with Crippen LogP contribution in [0.1, 0.15) is 17.0 Å². The number of nitrogens with zero attached hydrogens (tertiary/aromatic N) is 3. The summed E-state index contributed by atoms with van der Waals surface area (Å²) in [5.74, 6) is 0. The van der Waals surface area contributed by atoms with Crippen LogP contribution in [0.2, 0.25) is 0 Å². The van der Waals surface area contributed by atoms with Gasteiger partial charge in [0.15, 0.2) is 5.11 Å². The molecule has 2 heterocycles. The summed E-state index contributed by atoms with van der Waals surface area (Å²) >= 11 is 5.50. The van der Waals surface area contributed by atoms with Crippen molar-refractivity contribution in [2.75, 3.05) is 6.54 Å². The Morgan fingerprint density at radius 2 is 2.15 bits per heavy atom. The Morgan fingerprint density at radius 3 is 2.95 bits per heavy atom. The molecule has 3 rings (SSSR count). The molecule has 104 valence electrons. The largest absolute Gasteiger partial charge is 0.358 e.